The molecule has 1 aliphatic heterocycles. The summed E-state index contributed by atoms with van der Waals surface area (Å²) in [6, 6.07) is 0.824. The standard InChI is InChI=1S/C11H13F3N4O2/c12-11(13,14)8-1-2-15-10(16-8)18-5-3-17(4-6-18)7-9(19)20/h1-2H,3-7H2,(H,19,20). The van der Waals surface area contributed by atoms with Crippen LogP contribution in [0.1, 0.15) is 5.69 Å². The zero-order valence-corrected chi connectivity index (χ0v) is 10.5. The van der Waals surface area contributed by atoms with Crippen LogP contribution in [0.25, 0.3) is 0 Å². The fourth-order valence-electron chi connectivity index (χ4n) is 1.96. The highest BCUT2D eigenvalue weighted by atomic mass is 19.4. The third kappa shape index (κ3) is 3.56. The quantitative estimate of drug-likeness (QED) is 0.884. The van der Waals surface area contributed by atoms with Gasteiger partial charge in [-0.15, -0.1) is 0 Å². The molecule has 0 amide bonds. The second kappa shape index (κ2) is 5.61. The molecular formula is C11H13F3N4O2. The second-order valence-electron chi connectivity index (χ2n) is 4.40. The molecule has 0 unspecified atom stereocenters. The van der Waals surface area contributed by atoms with Crippen molar-refractivity contribution in [3.63, 3.8) is 0 Å². The van der Waals surface area contributed by atoms with E-state index in [4.69, 9.17) is 5.11 Å². The third-order valence-corrected chi connectivity index (χ3v) is 2.95. The van der Waals surface area contributed by atoms with Crippen molar-refractivity contribution in [3.05, 3.63) is 18.0 Å². The van der Waals surface area contributed by atoms with E-state index in [-0.39, 0.29) is 12.5 Å². The Balaban J connectivity index is 2.02. The maximum Gasteiger partial charge on any atom is 0.433 e. The summed E-state index contributed by atoms with van der Waals surface area (Å²) in [5.41, 5.74) is -0.976. The summed E-state index contributed by atoms with van der Waals surface area (Å²) in [6.45, 7) is 1.62. The van der Waals surface area contributed by atoms with E-state index in [1.165, 1.54) is 0 Å². The Morgan fingerprint density at radius 2 is 1.95 bits per heavy atom. The number of nitrogens with zero attached hydrogens (tertiary/aromatic N) is 4. The summed E-state index contributed by atoms with van der Waals surface area (Å²) < 4.78 is 37.7. The second-order valence-corrected chi connectivity index (χ2v) is 4.40. The lowest BCUT2D eigenvalue weighted by Gasteiger charge is -2.33. The molecule has 0 aliphatic carbocycles. The number of alkyl halides is 3. The van der Waals surface area contributed by atoms with Gasteiger partial charge in [-0.2, -0.15) is 13.2 Å². The number of hydrogen-bond donors (Lipinski definition) is 1. The van der Waals surface area contributed by atoms with Crippen LogP contribution in [0.15, 0.2) is 12.3 Å². The summed E-state index contributed by atoms with van der Waals surface area (Å²) in [7, 11) is 0. The van der Waals surface area contributed by atoms with Crippen molar-refractivity contribution in [2.24, 2.45) is 0 Å². The van der Waals surface area contributed by atoms with Gasteiger partial charge >= 0.3 is 12.1 Å². The molecule has 20 heavy (non-hydrogen) atoms. The van der Waals surface area contributed by atoms with Crippen LogP contribution in [0.4, 0.5) is 19.1 Å². The third-order valence-electron chi connectivity index (χ3n) is 2.95. The zero-order valence-electron chi connectivity index (χ0n) is 10.5. The van der Waals surface area contributed by atoms with Gasteiger partial charge in [-0.3, -0.25) is 9.69 Å². The van der Waals surface area contributed by atoms with Gasteiger partial charge in [0.1, 0.15) is 5.69 Å². The first-order valence-corrected chi connectivity index (χ1v) is 5.95. The molecule has 6 nitrogen and oxygen atoms in total. The summed E-state index contributed by atoms with van der Waals surface area (Å²) in [6.07, 6.45) is -3.42. The molecule has 2 heterocycles. The number of rotatable bonds is 3. The van der Waals surface area contributed by atoms with Crippen LogP contribution in [0.5, 0.6) is 0 Å². The van der Waals surface area contributed by atoms with E-state index < -0.39 is 17.8 Å². The van der Waals surface area contributed by atoms with E-state index in [2.05, 4.69) is 9.97 Å². The van der Waals surface area contributed by atoms with Crippen LogP contribution in [-0.4, -0.2) is 58.7 Å². The lowest BCUT2D eigenvalue weighted by molar-refractivity contribution is -0.141. The normalized spacial score (nSPS) is 17.2. The number of aromatic nitrogens is 2. The van der Waals surface area contributed by atoms with Gasteiger partial charge in [0, 0.05) is 32.4 Å². The van der Waals surface area contributed by atoms with E-state index in [9.17, 15) is 18.0 Å². The van der Waals surface area contributed by atoms with Crippen molar-refractivity contribution in [3.8, 4) is 0 Å². The molecule has 0 bridgehead atoms. The molecule has 1 fully saturated rings. The topological polar surface area (TPSA) is 69.6 Å². The highest BCUT2D eigenvalue weighted by Gasteiger charge is 2.33. The van der Waals surface area contributed by atoms with Crippen LogP contribution in [0.2, 0.25) is 0 Å². The molecule has 1 aromatic heterocycles. The fourth-order valence-corrected chi connectivity index (χ4v) is 1.96. The summed E-state index contributed by atoms with van der Waals surface area (Å²) >= 11 is 0. The largest absolute Gasteiger partial charge is 0.480 e. The molecule has 1 aromatic rings. The Morgan fingerprint density at radius 3 is 2.50 bits per heavy atom. The van der Waals surface area contributed by atoms with Crippen LogP contribution in [-0.2, 0) is 11.0 Å². The van der Waals surface area contributed by atoms with E-state index in [0.29, 0.717) is 26.2 Å². The van der Waals surface area contributed by atoms with E-state index in [1.807, 2.05) is 0 Å². The van der Waals surface area contributed by atoms with Crippen molar-refractivity contribution in [2.45, 2.75) is 6.18 Å². The van der Waals surface area contributed by atoms with Crippen molar-refractivity contribution in [1.82, 2.24) is 14.9 Å². The van der Waals surface area contributed by atoms with Gasteiger partial charge in [-0.1, -0.05) is 0 Å². The minimum absolute atomic E-state index is 0.0230. The molecular weight excluding hydrogens is 277 g/mol. The minimum Gasteiger partial charge on any atom is -0.480 e. The Hall–Kier alpha value is -1.90. The SMILES string of the molecule is O=C(O)CN1CCN(c2nccc(C(F)(F)F)n2)CC1. The highest BCUT2D eigenvalue weighted by Crippen LogP contribution is 2.28. The van der Waals surface area contributed by atoms with Gasteiger partial charge in [0.25, 0.3) is 0 Å². The molecule has 0 atom stereocenters. The monoisotopic (exact) mass is 290 g/mol. The van der Waals surface area contributed by atoms with Crippen LogP contribution in [0.3, 0.4) is 0 Å². The van der Waals surface area contributed by atoms with E-state index >= 15 is 0 Å². The first-order valence-electron chi connectivity index (χ1n) is 5.95. The number of anilines is 1. The smallest absolute Gasteiger partial charge is 0.433 e. The Kier molecular flexibility index (Phi) is 4.07. The molecule has 0 spiro atoms. The van der Waals surface area contributed by atoms with E-state index in [1.54, 1.807) is 9.80 Å². The van der Waals surface area contributed by atoms with Crippen LogP contribution < -0.4 is 4.90 Å². The first-order chi connectivity index (χ1) is 9.36. The minimum atomic E-state index is -4.50. The molecule has 2 rings (SSSR count). The number of carboxylic acids is 1. The van der Waals surface area contributed by atoms with Crippen LogP contribution in [0, 0.1) is 0 Å². The Labute approximate surface area is 112 Å². The molecule has 1 saturated heterocycles. The van der Waals surface area contributed by atoms with E-state index in [0.717, 1.165) is 12.3 Å². The number of carboxylic acid groups (broad SMARTS) is 1. The first kappa shape index (κ1) is 14.5. The van der Waals surface area contributed by atoms with Gasteiger partial charge in [0.15, 0.2) is 0 Å². The Morgan fingerprint density at radius 1 is 1.30 bits per heavy atom. The molecule has 1 N–H and O–H groups in total. The predicted molar refractivity (Wildman–Crippen MR) is 63.3 cm³/mol. The number of carbonyl (C=O) groups is 1. The van der Waals surface area contributed by atoms with Crippen molar-refractivity contribution < 1.29 is 23.1 Å². The van der Waals surface area contributed by atoms with Gasteiger partial charge in [0.05, 0.1) is 6.54 Å². The summed E-state index contributed by atoms with van der Waals surface area (Å²) in [5.74, 6) is -0.899. The maximum absolute atomic E-state index is 12.6. The van der Waals surface area contributed by atoms with Crippen molar-refractivity contribution in [2.75, 3.05) is 37.6 Å². The average molecular weight is 290 g/mol. The predicted octanol–water partition coefficient (Wildman–Crippen LogP) is 0.702. The zero-order chi connectivity index (χ0) is 14.8. The molecule has 0 saturated carbocycles. The molecule has 0 aromatic carbocycles. The van der Waals surface area contributed by atoms with Gasteiger partial charge in [-0.25, -0.2) is 9.97 Å². The van der Waals surface area contributed by atoms with Crippen LogP contribution >= 0.6 is 0 Å². The Bertz CT molecular complexity index is 487. The average Bonchev–Trinajstić information content (AvgIpc) is 2.38. The van der Waals surface area contributed by atoms with Gasteiger partial charge in [-0.05, 0) is 6.07 Å². The summed E-state index contributed by atoms with van der Waals surface area (Å²) in [5, 5.41) is 8.67. The van der Waals surface area contributed by atoms with Gasteiger partial charge in [0.2, 0.25) is 5.95 Å². The molecule has 1 aliphatic rings. The number of aliphatic carboxylic acids is 1. The lowest BCUT2D eigenvalue weighted by Crippen LogP contribution is -2.48. The number of hydrogen-bond acceptors (Lipinski definition) is 5. The van der Waals surface area contributed by atoms with Gasteiger partial charge < -0.3 is 10.0 Å². The molecule has 9 heteroatoms. The number of halogens is 3. The number of piperazine rings is 1. The lowest BCUT2D eigenvalue weighted by atomic mass is 10.3. The summed E-state index contributed by atoms with van der Waals surface area (Å²) in [4.78, 5) is 21.3. The van der Waals surface area contributed by atoms with Crippen molar-refractivity contribution >= 4 is 11.9 Å². The highest BCUT2D eigenvalue weighted by molar-refractivity contribution is 5.69. The maximum atomic E-state index is 12.6. The molecule has 0 radical (unpaired) electrons. The molecule has 110 valence electrons. The fraction of sp³-hybridized carbons (Fsp3) is 0.545. The van der Waals surface area contributed by atoms with Crippen molar-refractivity contribution in [1.29, 1.82) is 0 Å².